The molecule has 0 radical (unpaired) electrons. The Morgan fingerprint density at radius 1 is 1.31 bits per heavy atom. The van der Waals surface area contributed by atoms with Gasteiger partial charge in [0.15, 0.2) is 0 Å². The van der Waals surface area contributed by atoms with Crippen molar-refractivity contribution < 1.29 is 14.3 Å². The number of halogens is 1. The van der Waals surface area contributed by atoms with Gasteiger partial charge in [0.2, 0.25) is 5.91 Å². The minimum atomic E-state index is -0.393. The van der Waals surface area contributed by atoms with Gasteiger partial charge in [-0.05, 0) is 24.1 Å². The molecular formula is C22H24ClN3O3. The van der Waals surface area contributed by atoms with Gasteiger partial charge in [-0.15, -0.1) is 0 Å². The zero-order valence-corrected chi connectivity index (χ0v) is 17.0. The van der Waals surface area contributed by atoms with E-state index in [1.165, 1.54) is 24.8 Å². The lowest BCUT2D eigenvalue weighted by Crippen LogP contribution is -2.37. The molecule has 1 aliphatic rings. The van der Waals surface area contributed by atoms with Crippen LogP contribution in [0.25, 0.3) is 0 Å². The summed E-state index contributed by atoms with van der Waals surface area (Å²) in [5.74, 6) is -0.307. The third-order valence-corrected chi connectivity index (χ3v) is 5.15. The van der Waals surface area contributed by atoms with Crippen LogP contribution < -0.4 is 15.4 Å². The highest BCUT2D eigenvalue weighted by molar-refractivity contribution is 6.34. The number of nitrogens with zero attached hydrogens (tertiary/aromatic N) is 1. The first-order valence-corrected chi connectivity index (χ1v) is 9.76. The first-order valence-electron chi connectivity index (χ1n) is 9.38. The van der Waals surface area contributed by atoms with Crippen LogP contribution in [-0.4, -0.2) is 43.0 Å². The molecule has 1 saturated heterocycles. The lowest BCUT2D eigenvalue weighted by atomic mass is 10.1. The van der Waals surface area contributed by atoms with Crippen LogP contribution in [0.5, 0.6) is 5.75 Å². The second kappa shape index (κ2) is 9.58. The van der Waals surface area contributed by atoms with E-state index >= 15 is 0 Å². The van der Waals surface area contributed by atoms with Crippen molar-refractivity contribution in [1.29, 1.82) is 0 Å². The van der Waals surface area contributed by atoms with E-state index in [2.05, 4.69) is 34.2 Å². The molecule has 7 heteroatoms. The Kier molecular flexibility index (Phi) is 6.90. The van der Waals surface area contributed by atoms with Crippen LogP contribution in [0.4, 0.5) is 5.69 Å². The third kappa shape index (κ3) is 5.37. The summed E-state index contributed by atoms with van der Waals surface area (Å²) in [4.78, 5) is 26.7. The average Bonchev–Trinajstić information content (AvgIpc) is 3.16. The van der Waals surface area contributed by atoms with E-state index in [0.717, 1.165) is 32.1 Å². The molecule has 29 heavy (non-hydrogen) atoms. The lowest BCUT2D eigenvalue weighted by Gasteiger charge is -2.18. The van der Waals surface area contributed by atoms with Crippen molar-refractivity contribution in [1.82, 2.24) is 10.2 Å². The summed E-state index contributed by atoms with van der Waals surface area (Å²) < 4.78 is 5.33. The van der Waals surface area contributed by atoms with E-state index in [0.29, 0.717) is 17.0 Å². The maximum atomic E-state index is 12.8. The Hall–Kier alpha value is -2.83. The molecule has 1 heterocycles. The molecule has 2 N–H and O–H groups in total. The molecular weight excluding hydrogens is 390 g/mol. The first kappa shape index (κ1) is 20.9. The minimum absolute atomic E-state index is 0.0508. The zero-order valence-electron chi connectivity index (χ0n) is 16.3. The number of benzene rings is 2. The van der Waals surface area contributed by atoms with E-state index in [1.54, 1.807) is 0 Å². The lowest BCUT2D eigenvalue weighted by molar-refractivity contribution is -0.111. The fourth-order valence-electron chi connectivity index (χ4n) is 3.38. The van der Waals surface area contributed by atoms with E-state index < -0.39 is 5.91 Å². The summed E-state index contributed by atoms with van der Waals surface area (Å²) in [5.41, 5.74) is 1.94. The molecule has 1 fully saturated rings. The number of anilines is 1. The second-order valence-corrected chi connectivity index (χ2v) is 7.31. The van der Waals surface area contributed by atoms with Crippen molar-refractivity contribution in [3.8, 4) is 5.75 Å². The Morgan fingerprint density at radius 3 is 2.76 bits per heavy atom. The van der Waals surface area contributed by atoms with Crippen molar-refractivity contribution >= 4 is 29.1 Å². The second-order valence-electron chi connectivity index (χ2n) is 6.91. The normalized spacial score (nSPS) is 16.3. The van der Waals surface area contributed by atoms with E-state index in [4.69, 9.17) is 16.3 Å². The van der Waals surface area contributed by atoms with Crippen molar-refractivity contribution in [3.63, 3.8) is 0 Å². The van der Waals surface area contributed by atoms with Gasteiger partial charge in [-0.2, -0.15) is 0 Å². The van der Waals surface area contributed by atoms with Crippen molar-refractivity contribution in [3.05, 3.63) is 71.3 Å². The topological polar surface area (TPSA) is 70.7 Å². The number of carbonyl (C=O) groups is 2. The Morgan fingerprint density at radius 2 is 2.07 bits per heavy atom. The molecule has 6 nitrogen and oxygen atoms in total. The van der Waals surface area contributed by atoms with E-state index in [1.807, 2.05) is 18.2 Å². The number of carbonyl (C=O) groups excluding carboxylic acids is 2. The number of rotatable bonds is 7. The van der Waals surface area contributed by atoms with Gasteiger partial charge in [0.1, 0.15) is 5.75 Å². The molecule has 2 aromatic carbocycles. The van der Waals surface area contributed by atoms with Crippen LogP contribution in [-0.2, 0) is 11.3 Å². The van der Waals surface area contributed by atoms with Gasteiger partial charge in [0, 0.05) is 31.7 Å². The van der Waals surface area contributed by atoms with E-state index in [9.17, 15) is 9.59 Å². The molecule has 1 atom stereocenters. The van der Waals surface area contributed by atoms with Crippen LogP contribution in [0.15, 0.2) is 55.1 Å². The van der Waals surface area contributed by atoms with Crippen LogP contribution in [0.2, 0.25) is 5.02 Å². The molecule has 152 valence electrons. The number of hydrogen-bond acceptors (Lipinski definition) is 4. The number of likely N-dealkylation sites (tertiary alicyclic amines) is 1. The smallest absolute Gasteiger partial charge is 0.255 e. The largest absolute Gasteiger partial charge is 0.496 e. The SMILES string of the molecule is C=CC(=O)Nc1cc(OC)c(C(=O)N[C@H]2CCN(Cc3ccccc3)C2)cc1Cl. The third-order valence-electron chi connectivity index (χ3n) is 4.83. The molecule has 0 spiro atoms. The molecule has 0 aromatic heterocycles. The standard InChI is InChI=1S/C22H24ClN3O3/c1-3-21(27)25-19-12-20(29-2)17(11-18(19)23)22(28)24-16-9-10-26(14-16)13-15-7-5-4-6-8-15/h3-8,11-12,16H,1,9-10,13-14H2,2H3,(H,24,28)(H,25,27)/t16-/m0/s1. The highest BCUT2D eigenvalue weighted by Crippen LogP contribution is 2.31. The van der Waals surface area contributed by atoms with Crippen molar-refractivity contribution in [2.24, 2.45) is 0 Å². The van der Waals surface area contributed by atoms with Crippen LogP contribution >= 0.6 is 11.6 Å². The molecule has 2 aromatic rings. The quantitative estimate of drug-likeness (QED) is 0.682. The number of amides is 2. The molecule has 0 saturated carbocycles. The molecule has 3 rings (SSSR count). The van der Waals surface area contributed by atoms with Gasteiger partial charge in [-0.25, -0.2) is 0 Å². The van der Waals surface area contributed by atoms with E-state index in [-0.39, 0.29) is 17.0 Å². The predicted octanol–water partition coefficient (Wildman–Crippen LogP) is 3.48. The summed E-state index contributed by atoms with van der Waals surface area (Å²) in [7, 11) is 1.47. The maximum Gasteiger partial charge on any atom is 0.255 e. The zero-order chi connectivity index (χ0) is 20.8. The minimum Gasteiger partial charge on any atom is -0.496 e. The maximum absolute atomic E-state index is 12.8. The van der Waals surface area contributed by atoms with Gasteiger partial charge in [0.25, 0.3) is 5.91 Å². The molecule has 0 aliphatic carbocycles. The fraction of sp³-hybridized carbons (Fsp3) is 0.273. The molecule has 0 unspecified atom stereocenters. The molecule has 2 amide bonds. The van der Waals surface area contributed by atoms with Gasteiger partial charge in [-0.3, -0.25) is 14.5 Å². The Balaban J connectivity index is 1.65. The summed E-state index contributed by atoms with van der Waals surface area (Å²) in [6.45, 7) is 5.97. The number of hydrogen-bond donors (Lipinski definition) is 2. The van der Waals surface area contributed by atoms with Gasteiger partial charge in [0.05, 0.1) is 23.4 Å². The van der Waals surface area contributed by atoms with Gasteiger partial charge < -0.3 is 15.4 Å². The summed E-state index contributed by atoms with van der Waals surface area (Å²) in [6, 6.07) is 13.4. The Labute approximate surface area is 175 Å². The number of nitrogens with one attached hydrogen (secondary N) is 2. The molecule has 0 bridgehead atoms. The van der Waals surface area contributed by atoms with Crippen LogP contribution in [0, 0.1) is 0 Å². The number of ether oxygens (including phenoxy) is 1. The highest BCUT2D eigenvalue weighted by Gasteiger charge is 2.26. The summed E-state index contributed by atoms with van der Waals surface area (Å²) in [5, 5.41) is 5.91. The van der Waals surface area contributed by atoms with Gasteiger partial charge >= 0.3 is 0 Å². The van der Waals surface area contributed by atoms with Crippen LogP contribution in [0.3, 0.4) is 0 Å². The van der Waals surface area contributed by atoms with Crippen molar-refractivity contribution in [2.45, 2.75) is 19.0 Å². The molecule has 1 aliphatic heterocycles. The summed E-state index contributed by atoms with van der Waals surface area (Å²) in [6.07, 6.45) is 2.02. The number of methoxy groups -OCH3 is 1. The first-order chi connectivity index (χ1) is 14.0. The van der Waals surface area contributed by atoms with Crippen molar-refractivity contribution in [2.75, 3.05) is 25.5 Å². The highest BCUT2D eigenvalue weighted by atomic mass is 35.5. The average molecular weight is 414 g/mol. The predicted molar refractivity (Wildman–Crippen MR) is 114 cm³/mol. The monoisotopic (exact) mass is 413 g/mol. The fourth-order valence-corrected chi connectivity index (χ4v) is 3.59. The summed E-state index contributed by atoms with van der Waals surface area (Å²) >= 11 is 6.24. The van der Waals surface area contributed by atoms with Crippen LogP contribution in [0.1, 0.15) is 22.3 Å². The van der Waals surface area contributed by atoms with Gasteiger partial charge in [-0.1, -0.05) is 48.5 Å². The Bertz CT molecular complexity index is 902.